The molecule has 2 N–H and O–H groups in total. The summed E-state index contributed by atoms with van der Waals surface area (Å²) in [6.07, 6.45) is 0.316. The zero-order valence-corrected chi connectivity index (χ0v) is 10.1. The van der Waals surface area contributed by atoms with E-state index in [0.29, 0.717) is 18.4 Å². The molecule has 0 fully saturated rings. The summed E-state index contributed by atoms with van der Waals surface area (Å²) in [6.45, 7) is 8.41. The van der Waals surface area contributed by atoms with Crippen LogP contribution in [-0.2, 0) is 4.74 Å². The molecule has 0 spiro atoms. The average molecular weight is 217 g/mol. The summed E-state index contributed by atoms with van der Waals surface area (Å²) in [6, 6.07) is -0.204. The lowest BCUT2D eigenvalue weighted by atomic mass is 10.0. The first kappa shape index (κ1) is 14.2. The van der Waals surface area contributed by atoms with Crippen molar-refractivity contribution in [1.29, 1.82) is 0 Å². The predicted molar refractivity (Wildman–Crippen MR) is 59.7 cm³/mol. The van der Waals surface area contributed by atoms with Crippen molar-refractivity contribution in [2.45, 2.75) is 40.2 Å². The van der Waals surface area contributed by atoms with Gasteiger partial charge in [0, 0.05) is 0 Å². The van der Waals surface area contributed by atoms with Crippen LogP contribution in [0.15, 0.2) is 0 Å². The normalized spacial score (nSPS) is 13.0. The van der Waals surface area contributed by atoms with Gasteiger partial charge in [-0.25, -0.2) is 4.79 Å². The van der Waals surface area contributed by atoms with Crippen LogP contribution in [0.4, 0.5) is 4.79 Å². The van der Waals surface area contributed by atoms with E-state index in [1.807, 2.05) is 27.7 Å². The molecule has 4 nitrogen and oxygen atoms in total. The lowest BCUT2D eigenvalue weighted by Gasteiger charge is -2.18. The second kappa shape index (κ2) is 7.51. The third-order valence-electron chi connectivity index (χ3n) is 1.85. The SMILES string of the molecule is CC(C)COC(=O)NC(CO)CC(C)C. The fourth-order valence-corrected chi connectivity index (χ4v) is 1.20. The van der Waals surface area contributed by atoms with Crippen LogP contribution in [0, 0.1) is 11.8 Å². The molecule has 0 radical (unpaired) electrons. The van der Waals surface area contributed by atoms with Crippen LogP contribution in [0.2, 0.25) is 0 Å². The summed E-state index contributed by atoms with van der Waals surface area (Å²) in [4.78, 5) is 11.3. The number of amides is 1. The summed E-state index contributed by atoms with van der Waals surface area (Å²) >= 11 is 0. The molecule has 0 aromatic heterocycles. The molecule has 0 heterocycles. The number of hydrogen-bond acceptors (Lipinski definition) is 3. The second-order valence-electron chi connectivity index (χ2n) is 4.65. The molecular weight excluding hydrogens is 194 g/mol. The van der Waals surface area contributed by atoms with Gasteiger partial charge in [-0.2, -0.15) is 0 Å². The summed E-state index contributed by atoms with van der Waals surface area (Å²) in [7, 11) is 0. The van der Waals surface area contributed by atoms with Crippen molar-refractivity contribution in [3.8, 4) is 0 Å². The predicted octanol–water partition coefficient (Wildman–Crippen LogP) is 1.78. The second-order valence-corrected chi connectivity index (χ2v) is 4.65. The highest BCUT2D eigenvalue weighted by atomic mass is 16.5. The monoisotopic (exact) mass is 217 g/mol. The Morgan fingerprint density at radius 2 is 1.87 bits per heavy atom. The number of hydrogen-bond donors (Lipinski definition) is 2. The van der Waals surface area contributed by atoms with Crippen molar-refractivity contribution >= 4 is 6.09 Å². The van der Waals surface area contributed by atoms with Crippen molar-refractivity contribution < 1.29 is 14.6 Å². The Balaban J connectivity index is 3.80. The molecule has 0 saturated carbocycles. The van der Waals surface area contributed by atoms with E-state index in [1.54, 1.807) is 0 Å². The molecule has 0 saturated heterocycles. The molecule has 0 bridgehead atoms. The van der Waals surface area contributed by atoms with Crippen LogP contribution in [-0.4, -0.2) is 30.5 Å². The molecule has 0 aliphatic rings. The number of nitrogens with one attached hydrogen (secondary N) is 1. The molecular formula is C11H23NO3. The fourth-order valence-electron chi connectivity index (χ4n) is 1.20. The molecule has 90 valence electrons. The van der Waals surface area contributed by atoms with E-state index in [9.17, 15) is 4.79 Å². The number of ether oxygens (including phenoxy) is 1. The van der Waals surface area contributed by atoms with E-state index in [0.717, 1.165) is 6.42 Å². The Kier molecular flexibility index (Phi) is 7.13. The number of carbonyl (C=O) groups excluding carboxylic acids is 1. The molecule has 0 aliphatic carbocycles. The van der Waals surface area contributed by atoms with Crippen LogP contribution >= 0.6 is 0 Å². The molecule has 0 aliphatic heterocycles. The standard InChI is InChI=1S/C11H23NO3/c1-8(2)5-10(6-13)12-11(14)15-7-9(3)4/h8-10,13H,5-7H2,1-4H3,(H,12,14). The van der Waals surface area contributed by atoms with Crippen LogP contribution in [0.1, 0.15) is 34.1 Å². The Bertz CT molecular complexity index is 181. The fraction of sp³-hybridized carbons (Fsp3) is 0.909. The minimum absolute atomic E-state index is 0.0467. The van der Waals surface area contributed by atoms with Crippen molar-refractivity contribution in [3.05, 3.63) is 0 Å². The van der Waals surface area contributed by atoms with Crippen LogP contribution in [0.3, 0.4) is 0 Å². The topological polar surface area (TPSA) is 58.6 Å². The van der Waals surface area contributed by atoms with Gasteiger partial charge in [0.15, 0.2) is 0 Å². The molecule has 0 rings (SSSR count). The van der Waals surface area contributed by atoms with Gasteiger partial charge in [0.2, 0.25) is 0 Å². The quantitative estimate of drug-likeness (QED) is 0.713. The molecule has 0 aromatic carbocycles. The van der Waals surface area contributed by atoms with Crippen molar-refractivity contribution in [2.24, 2.45) is 11.8 Å². The van der Waals surface area contributed by atoms with E-state index in [-0.39, 0.29) is 12.6 Å². The zero-order valence-electron chi connectivity index (χ0n) is 10.1. The summed E-state index contributed by atoms with van der Waals surface area (Å²) < 4.78 is 4.96. The van der Waals surface area contributed by atoms with E-state index in [1.165, 1.54) is 0 Å². The smallest absolute Gasteiger partial charge is 0.407 e. The maximum Gasteiger partial charge on any atom is 0.407 e. The molecule has 1 amide bonds. The molecule has 4 heteroatoms. The largest absolute Gasteiger partial charge is 0.449 e. The van der Waals surface area contributed by atoms with Gasteiger partial charge in [-0.15, -0.1) is 0 Å². The average Bonchev–Trinajstić information content (AvgIpc) is 2.13. The third-order valence-corrected chi connectivity index (χ3v) is 1.85. The summed E-state index contributed by atoms with van der Waals surface area (Å²) in [5.41, 5.74) is 0. The molecule has 1 atom stereocenters. The number of aliphatic hydroxyl groups excluding tert-OH is 1. The van der Waals surface area contributed by atoms with Gasteiger partial charge in [0.05, 0.1) is 19.3 Å². The highest BCUT2D eigenvalue weighted by Gasteiger charge is 2.13. The van der Waals surface area contributed by atoms with Gasteiger partial charge in [-0.1, -0.05) is 27.7 Å². The van der Waals surface area contributed by atoms with E-state index in [4.69, 9.17) is 9.84 Å². The van der Waals surface area contributed by atoms with Gasteiger partial charge < -0.3 is 15.2 Å². The van der Waals surface area contributed by atoms with Gasteiger partial charge in [0.25, 0.3) is 0 Å². The third kappa shape index (κ3) is 8.24. The number of rotatable bonds is 6. The minimum atomic E-state index is -0.441. The summed E-state index contributed by atoms with van der Waals surface area (Å²) in [5.74, 6) is 0.765. The maximum atomic E-state index is 11.3. The Morgan fingerprint density at radius 1 is 1.27 bits per heavy atom. The zero-order chi connectivity index (χ0) is 11.8. The van der Waals surface area contributed by atoms with Gasteiger partial charge in [0.1, 0.15) is 0 Å². The van der Waals surface area contributed by atoms with E-state index < -0.39 is 6.09 Å². The summed E-state index contributed by atoms with van der Waals surface area (Å²) in [5, 5.41) is 11.7. The molecule has 15 heavy (non-hydrogen) atoms. The van der Waals surface area contributed by atoms with Crippen molar-refractivity contribution in [3.63, 3.8) is 0 Å². The minimum Gasteiger partial charge on any atom is -0.449 e. The van der Waals surface area contributed by atoms with E-state index in [2.05, 4.69) is 5.32 Å². The van der Waals surface area contributed by atoms with E-state index >= 15 is 0 Å². The van der Waals surface area contributed by atoms with Crippen LogP contribution < -0.4 is 5.32 Å². The first-order valence-electron chi connectivity index (χ1n) is 5.49. The first-order valence-corrected chi connectivity index (χ1v) is 5.49. The lowest BCUT2D eigenvalue weighted by molar-refractivity contribution is 0.121. The van der Waals surface area contributed by atoms with Gasteiger partial charge >= 0.3 is 6.09 Å². The number of carbonyl (C=O) groups is 1. The number of aliphatic hydroxyl groups is 1. The Labute approximate surface area is 92.0 Å². The highest BCUT2D eigenvalue weighted by molar-refractivity contribution is 5.67. The van der Waals surface area contributed by atoms with Crippen LogP contribution in [0.25, 0.3) is 0 Å². The Hall–Kier alpha value is -0.770. The lowest BCUT2D eigenvalue weighted by Crippen LogP contribution is -2.39. The van der Waals surface area contributed by atoms with Gasteiger partial charge in [-0.3, -0.25) is 0 Å². The Morgan fingerprint density at radius 3 is 2.27 bits per heavy atom. The highest BCUT2D eigenvalue weighted by Crippen LogP contribution is 2.04. The van der Waals surface area contributed by atoms with Crippen molar-refractivity contribution in [2.75, 3.05) is 13.2 Å². The van der Waals surface area contributed by atoms with Gasteiger partial charge in [-0.05, 0) is 18.3 Å². The first-order chi connectivity index (χ1) is 6.95. The van der Waals surface area contributed by atoms with Crippen molar-refractivity contribution in [1.82, 2.24) is 5.32 Å². The van der Waals surface area contributed by atoms with Crippen LogP contribution in [0.5, 0.6) is 0 Å². The maximum absolute atomic E-state index is 11.3. The number of alkyl carbamates (subject to hydrolysis) is 1. The molecule has 1 unspecified atom stereocenters. The molecule has 0 aromatic rings.